The lowest BCUT2D eigenvalue weighted by Crippen LogP contribution is -2.22. The van der Waals surface area contributed by atoms with E-state index in [1.54, 1.807) is 36.6 Å². The molecule has 2 aromatic carbocycles. The summed E-state index contributed by atoms with van der Waals surface area (Å²) >= 11 is 2.61. The predicted octanol–water partition coefficient (Wildman–Crippen LogP) is 4.80. The number of thioether (sulfide) groups is 1. The van der Waals surface area contributed by atoms with Gasteiger partial charge < -0.3 is 10.6 Å². The van der Waals surface area contributed by atoms with Gasteiger partial charge in [0, 0.05) is 40.6 Å². The smallest absolute Gasteiger partial charge is 0.270 e. The number of carbonyl (C=O) groups excluding carboxylic acids is 2. The maximum absolute atomic E-state index is 12.5. The molecule has 2 amide bonds. The lowest BCUT2D eigenvalue weighted by Gasteiger charge is -2.11. The number of hydrogen-bond acceptors (Lipinski definition) is 7. The van der Waals surface area contributed by atoms with Crippen molar-refractivity contribution >= 4 is 51.4 Å². The molecule has 0 fully saturated rings. The number of hydrogen-bond donors (Lipinski definition) is 2. The van der Waals surface area contributed by atoms with Crippen molar-refractivity contribution in [1.29, 1.82) is 0 Å². The molecule has 0 radical (unpaired) electrons. The van der Waals surface area contributed by atoms with E-state index < -0.39 is 10.2 Å². The van der Waals surface area contributed by atoms with Gasteiger partial charge >= 0.3 is 0 Å². The summed E-state index contributed by atoms with van der Waals surface area (Å²) in [6.07, 6.45) is 0. The van der Waals surface area contributed by atoms with Crippen LogP contribution in [-0.4, -0.2) is 27.0 Å². The molecular formula is C20H18N4O4S2. The molecule has 30 heavy (non-hydrogen) atoms. The number of rotatable bonds is 7. The van der Waals surface area contributed by atoms with Gasteiger partial charge in [0.1, 0.15) is 0 Å². The molecule has 2 N–H and O–H groups in total. The highest BCUT2D eigenvalue weighted by Crippen LogP contribution is 2.29. The second kappa shape index (κ2) is 9.51. The van der Waals surface area contributed by atoms with Crippen molar-refractivity contribution in [1.82, 2.24) is 4.98 Å². The number of benzene rings is 2. The van der Waals surface area contributed by atoms with Crippen molar-refractivity contribution in [2.24, 2.45) is 0 Å². The van der Waals surface area contributed by atoms with Crippen LogP contribution in [0.4, 0.5) is 16.5 Å². The number of aromatic nitrogens is 1. The fraction of sp³-hybridized carbons (Fsp3) is 0.150. The van der Waals surface area contributed by atoms with Gasteiger partial charge in [0.05, 0.1) is 15.9 Å². The minimum Gasteiger partial charge on any atom is -0.326 e. The van der Waals surface area contributed by atoms with Crippen LogP contribution in [0.25, 0.3) is 11.3 Å². The number of anilines is 2. The Labute approximate surface area is 180 Å². The largest absolute Gasteiger partial charge is 0.326 e. The van der Waals surface area contributed by atoms with E-state index >= 15 is 0 Å². The topological polar surface area (TPSA) is 114 Å². The van der Waals surface area contributed by atoms with Crippen molar-refractivity contribution in [3.63, 3.8) is 0 Å². The van der Waals surface area contributed by atoms with Crippen LogP contribution in [0.2, 0.25) is 0 Å². The van der Waals surface area contributed by atoms with Crippen LogP contribution in [0, 0.1) is 10.1 Å². The highest BCUT2D eigenvalue weighted by molar-refractivity contribution is 8.00. The van der Waals surface area contributed by atoms with Crippen molar-refractivity contribution in [3.8, 4) is 11.3 Å². The van der Waals surface area contributed by atoms with Gasteiger partial charge in [0.2, 0.25) is 11.8 Å². The molecule has 1 aromatic heterocycles. The quantitative estimate of drug-likeness (QED) is 0.309. The lowest BCUT2D eigenvalue weighted by atomic mass is 10.1. The van der Waals surface area contributed by atoms with E-state index in [0.717, 1.165) is 4.90 Å². The van der Waals surface area contributed by atoms with Gasteiger partial charge in [-0.3, -0.25) is 19.7 Å². The van der Waals surface area contributed by atoms with Crippen molar-refractivity contribution in [2.45, 2.75) is 24.0 Å². The summed E-state index contributed by atoms with van der Waals surface area (Å²) in [6.45, 7) is 3.21. The van der Waals surface area contributed by atoms with Crippen LogP contribution in [0.5, 0.6) is 0 Å². The lowest BCUT2D eigenvalue weighted by molar-refractivity contribution is -0.384. The van der Waals surface area contributed by atoms with Crippen LogP contribution >= 0.6 is 23.1 Å². The monoisotopic (exact) mass is 442 g/mol. The Kier molecular flexibility index (Phi) is 6.80. The van der Waals surface area contributed by atoms with E-state index in [1.165, 1.54) is 42.2 Å². The first-order valence-corrected chi connectivity index (χ1v) is 10.6. The van der Waals surface area contributed by atoms with Gasteiger partial charge in [0.25, 0.3) is 5.69 Å². The van der Waals surface area contributed by atoms with Crippen molar-refractivity contribution in [2.75, 3.05) is 10.6 Å². The zero-order valence-electron chi connectivity index (χ0n) is 16.1. The number of non-ortho nitro benzene ring substituents is 1. The van der Waals surface area contributed by atoms with E-state index in [2.05, 4.69) is 15.6 Å². The second-order valence-corrected chi connectivity index (χ2v) is 8.58. The molecule has 1 atom stereocenters. The summed E-state index contributed by atoms with van der Waals surface area (Å²) in [6, 6.07) is 13.4. The summed E-state index contributed by atoms with van der Waals surface area (Å²) < 4.78 is 0. The molecule has 1 unspecified atom stereocenters. The highest BCUT2D eigenvalue weighted by Gasteiger charge is 2.17. The zero-order valence-corrected chi connectivity index (χ0v) is 17.8. The Morgan fingerprint density at radius 1 is 1.17 bits per heavy atom. The number of carbonyl (C=O) groups is 2. The molecular weight excluding hydrogens is 424 g/mol. The first kappa shape index (κ1) is 21.5. The Morgan fingerprint density at radius 2 is 1.93 bits per heavy atom. The van der Waals surface area contributed by atoms with Gasteiger partial charge in [-0.15, -0.1) is 23.1 Å². The third kappa shape index (κ3) is 5.65. The van der Waals surface area contributed by atoms with E-state index in [9.17, 15) is 19.7 Å². The molecule has 0 aliphatic rings. The first-order chi connectivity index (χ1) is 14.3. The molecule has 0 saturated carbocycles. The molecule has 0 saturated heterocycles. The molecule has 10 heteroatoms. The molecule has 8 nitrogen and oxygen atoms in total. The molecule has 1 heterocycles. The SMILES string of the molecule is CC(=O)Nc1cccc(SC(C)C(=O)Nc2nc(-c3cccc([N+](=O)[O-])c3)cs2)c1. The van der Waals surface area contributed by atoms with Crippen molar-refractivity contribution < 1.29 is 14.5 Å². The summed E-state index contributed by atoms with van der Waals surface area (Å²) in [5.41, 5.74) is 1.82. The predicted molar refractivity (Wildman–Crippen MR) is 119 cm³/mol. The first-order valence-electron chi connectivity index (χ1n) is 8.87. The van der Waals surface area contributed by atoms with E-state index in [4.69, 9.17) is 0 Å². The normalized spacial score (nSPS) is 11.5. The number of thiazole rings is 1. The van der Waals surface area contributed by atoms with E-state index in [1.807, 2.05) is 12.1 Å². The zero-order chi connectivity index (χ0) is 21.7. The van der Waals surface area contributed by atoms with Gasteiger partial charge in [-0.1, -0.05) is 18.2 Å². The average molecular weight is 443 g/mol. The van der Waals surface area contributed by atoms with Crippen LogP contribution < -0.4 is 10.6 Å². The Morgan fingerprint density at radius 3 is 2.67 bits per heavy atom. The summed E-state index contributed by atoms with van der Waals surface area (Å²) in [5, 5.41) is 18.2. The third-order valence-electron chi connectivity index (χ3n) is 3.92. The molecule has 0 spiro atoms. The molecule has 0 bridgehead atoms. The molecule has 154 valence electrons. The minimum absolute atomic E-state index is 0.0161. The van der Waals surface area contributed by atoms with Gasteiger partial charge in [-0.05, 0) is 25.1 Å². The number of nitrogens with zero attached hydrogens (tertiary/aromatic N) is 2. The summed E-state index contributed by atoms with van der Waals surface area (Å²) in [5.74, 6) is -0.379. The summed E-state index contributed by atoms with van der Waals surface area (Å²) in [4.78, 5) is 39.4. The van der Waals surface area contributed by atoms with Crippen LogP contribution in [0.15, 0.2) is 58.8 Å². The third-order valence-corrected chi connectivity index (χ3v) is 5.77. The molecule has 3 rings (SSSR count). The highest BCUT2D eigenvalue weighted by atomic mass is 32.2. The minimum atomic E-state index is -0.460. The van der Waals surface area contributed by atoms with Crippen molar-refractivity contribution in [3.05, 3.63) is 64.0 Å². The number of amides is 2. The van der Waals surface area contributed by atoms with Crippen LogP contribution in [0.3, 0.4) is 0 Å². The van der Waals surface area contributed by atoms with Gasteiger partial charge in [-0.25, -0.2) is 4.98 Å². The Balaban J connectivity index is 1.64. The number of nitro groups is 1. The molecule has 3 aromatic rings. The second-order valence-electron chi connectivity index (χ2n) is 6.30. The molecule has 0 aliphatic heterocycles. The maximum atomic E-state index is 12.5. The van der Waals surface area contributed by atoms with E-state index in [0.29, 0.717) is 22.1 Å². The van der Waals surface area contributed by atoms with Crippen LogP contribution in [0.1, 0.15) is 13.8 Å². The van der Waals surface area contributed by atoms with Gasteiger partial charge in [0.15, 0.2) is 5.13 Å². The Bertz CT molecular complexity index is 1100. The standard InChI is InChI=1S/C20H18N4O4S2/c1-12(30-17-8-4-6-15(10-17)21-13(2)25)19(26)23-20-22-18(11-29-20)14-5-3-7-16(9-14)24(27)28/h3-12H,1-2H3,(H,21,25)(H,22,23,26). The average Bonchev–Trinajstić information content (AvgIpc) is 3.16. The van der Waals surface area contributed by atoms with E-state index in [-0.39, 0.29) is 17.5 Å². The fourth-order valence-corrected chi connectivity index (χ4v) is 4.21. The number of nitro benzene ring substituents is 1. The molecule has 0 aliphatic carbocycles. The fourth-order valence-electron chi connectivity index (χ4n) is 2.56. The van der Waals surface area contributed by atoms with Crippen LogP contribution in [-0.2, 0) is 9.59 Å². The summed E-state index contributed by atoms with van der Waals surface area (Å²) in [7, 11) is 0. The number of nitrogens with one attached hydrogen (secondary N) is 2. The Hall–Kier alpha value is -3.24. The van der Waals surface area contributed by atoms with Gasteiger partial charge in [-0.2, -0.15) is 0 Å². The maximum Gasteiger partial charge on any atom is 0.270 e.